The molecule has 0 aromatic carbocycles. The summed E-state index contributed by atoms with van der Waals surface area (Å²) in [5.41, 5.74) is 2.37. The minimum absolute atomic E-state index is 1.12. The van der Waals surface area contributed by atoms with Gasteiger partial charge in [-0.1, -0.05) is 103 Å². The highest BCUT2D eigenvalue weighted by molar-refractivity contribution is 5.34. The molecule has 0 amide bonds. The minimum Gasteiger partial charge on any atom is -0.0953 e. The Bertz CT molecular complexity index is 295. The molecule has 0 rings (SSSR count). The van der Waals surface area contributed by atoms with E-state index >= 15 is 0 Å². The Morgan fingerprint density at radius 3 is 1.77 bits per heavy atom. The number of rotatable bonds is 16. The van der Waals surface area contributed by atoms with Crippen LogP contribution in [-0.4, -0.2) is 0 Å². The Balaban J connectivity index is 3.51. The molecule has 0 aliphatic heterocycles. The summed E-state index contributed by atoms with van der Waals surface area (Å²) in [7, 11) is 0. The first-order chi connectivity index (χ1) is 10.7. The third kappa shape index (κ3) is 14.2. The van der Waals surface area contributed by atoms with Crippen LogP contribution in [0.25, 0.3) is 0 Å². The Morgan fingerprint density at radius 2 is 1.18 bits per heavy atom. The van der Waals surface area contributed by atoms with Crippen LogP contribution in [0.3, 0.4) is 0 Å². The Hall–Kier alpha value is -0.780. The second-order valence-electron chi connectivity index (χ2n) is 6.61. The summed E-state index contributed by atoms with van der Waals surface area (Å²) in [6, 6.07) is 0. The molecular weight excluding hydrogens is 264 g/mol. The van der Waals surface area contributed by atoms with E-state index in [9.17, 15) is 0 Å². The van der Waals surface area contributed by atoms with Crippen LogP contribution in [0.4, 0.5) is 0 Å². The van der Waals surface area contributed by atoms with Crippen LogP contribution >= 0.6 is 0 Å². The molecule has 22 heavy (non-hydrogen) atoms. The van der Waals surface area contributed by atoms with Gasteiger partial charge in [-0.05, 0) is 36.8 Å². The first kappa shape index (κ1) is 21.2. The first-order valence-electron chi connectivity index (χ1n) is 9.76. The molecule has 0 radical (unpaired) electrons. The van der Waals surface area contributed by atoms with Gasteiger partial charge in [0.25, 0.3) is 0 Å². The van der Waals surface area contributed by atoms with E-state index < -0.39 is 0 Å². The SMILES string of the molecule is C=C(/C=C/CCCCCCC)C(=C)CCCCCCCCC. The van der Waals surface area contributed by atoms with Crippen molar-refractivity contribution in [2.45, 2.75) is 104 Å². The fourth-order valence-electron chi connectivity index (χ4n) is 2.67. The molecule has 0 heteroatoms. The molecular formula is C22H40. The molecule has 0 aromatic rings. The summed E-state index contributed by atoms with van der Waals surface area (Å²) < 4.78 is 0. The molecule has 0 N–H and O–H groups in total. The van der Waals surface area contributed by atoms with E-state index in [0.29, 0.717) is 0 Å². The number of hydrogen-bond donors (Lipinski definition) is 0. The van der Waals surface area contributed by atoms with Gasteiger partial charge in [0.1, 0.15) is 0 Å². The van der Waals surface area contributed by atoms with Crippen LogP contribution in [0.15, 0.2) is 36.5 Å². The first-order valence-corrected chi connectivity index (χ1v) is 9.76. The quantitative estimate of drug-likeness (QED) is 0.199. The van der Waals surface area contributed by atoms with Gasteiger partial charge in [0.05, 0.1) is 0 Å². The van der Waals surface area contributed by atoms with Crippen molar-refractivity contribution in [2.75, 3.05) is 0 Å². The van der Waals surface area contributed by atoms with Gasteiger partial charge in [-0.2, -0.15) is 0 Å². The van der Waals surface area contributed by atoms with Crippen molar-refractivity contribution in [3.8, 4) is 0 Å². The van der Waals surface area contributed by atoms with Crippen molar-refractivity contribution >= 4 is 0 Å². The smallest absolute Gasteiger partial charge is 0.0279 e. The second kappa shape index (κ2) is 16.6. The van der Waals surface area contributed by atoms with Crippen molar-refractivity contribution in [1.29, 1.82) is 0 Å². The average molecular weight is 305 g/mol. The largest absolute Gasteiger partial charge is 0.0953 e. The van der Waals surface area contributed by atoms with E-state index in [0.717, 1.165) is 12.0 Å². The molecule has 0 aliphatic carbocycles. The lowest BCUT2D eigenvalue weighted by atomic mass is 10.0. The topological polar surface area (TPSA) is 0 Å². The van der Waals surface area contributed by atoms with Crippen molar-refractivity contribution in [3.05, 3.63) is 36.5 Å². The van der Waals surface area contributed by atoms with Gasteiger partial charge >= 0.3 is 0 Å². The maximum atomic E-state index is 4.19. The van der Waals surface area contributed by atoms with Crippen LogP contribution in [0, 0.1) is 0 Å². The third-order valence-electron chi connectivity index (χ3n) is 4.33. The molecule has 0 bridgehead atoms. The summed E-state index contributed by atoms with van der Waals surface area (Å²) >= 11 is 0. The van der Waals surface area contributed by atoms with Crippen molar-refractivity contribution in [3.63, 3.8) is 0 Å². The van der Waals surface area contributed by atoms with Gasteiger partial charge in [-0.25, -0.2) is 0 Å². The van der Waals surface area contributed by atoms with Crippen LogP contribution < -0.4 is 0 Å². The minimum atomic E-state index is 1.12. The van der Waals surface area contributed by atoms with Crippen LogP contribution in [0.2, 0.25) is 0 Å². The molecule has 0 nitrogen and oxygen atoms in total. The number of allylic oxidation sites excluding steroid dienone is 4. The Kier molecular flexibility index (Phi) is 16.0. The predicted molar refractivity (Wildman–Crippen MR) is 103 cm³/mol. The van der Waals surface area contributed by atoms with Crippen molar-refractivity contribution in [2.24, 2.45) is 0 Å². The lowest BCUT2D eigenvalue weighted by molar-refractivity contribution is 0.589. The van der Waals surface area contributed by atoms with E-state index in [1.165, 1.54) is 89.0 Å². The van der Waals surface area contributed by atoms with E-state index in [1.54, 1.807) is 0 Å². The average Bonchev–Trinajstić information content (AvgIpc) is 2.52. The summed E-state index contributed by atoms with van der Waals surface area (Å²) in [6.45, 7) is 12.9. The van der Waals surface area contributed by atoms with Crippen LogP contribution in [0.5, 0.6) is 0 Å². The predicted octanol–water partition coefficient (Wildman–Crippen LogP) is 8.16. The second-order valence-corrected chi connectivity index (χ2v) is 6.61. The highest BCUT2D eigenvalue weighted by atomic mass is 14.0. The zero-order valence-electron chi connectivity index (χ0n) is 15.5. The van der Waals surface area contributed by atoms with E-state index in [4.69, 9.17) is 0 Å². The van der Waals surface area contributed by atoms with Gasteiger partial charge in [0.15, 0.2) is 0 Å². The molecule has 128 valence electrons. The van der Waals surface area contributed by atoms with Gasteiger partial charge < -0.3 is 0 Å². The van der Waals surface area contributed by atoms with E-state index in [-0.39, 0.29) is 0 Å². The Morgan fingerprint density at radius 1 is 0.682 bits per heavy atom. The molecule has 0 unspecified atom stereocenters. The number of hydrogen-bond acceptors (Lipinski definition) is 0. The highest BCUT2D eigenvalue weighted by Crippen LogP contribution is 2.17. The van der Waals surface area contributed by atoms with Crippen molar-refractivity contribution in [1.82, 2.24) is 0 Å². The van der Waals surface area contributed by atoms with Crippen LogP contribution in [0.1, 0.15) is 104 Å². The normalized spacial score (nSPS) is 11.2. The van der Waals surface area contributed by atoms with Crippen LogP contribution in [-0.2, 0) is 0 Å². The lowest BCUT2D eigenvalue weighted by Gasteiger charge is -2.06. The zero-order chi connectivity index (χ0) is 16.5. The fourth-order valence-corrected chi connectivity index (χ4v) is 2.67. The molecule has 0 spiro atoms. The zero-order valence-corrected chi connectivity index (χ0v) is 15.5. The summed E-state index contributed by atoms with van der Waals surface area (Å²) in [6.07, 6.45) is 23.1. The molecule has 0 aliphatic rings. The highest BCUT2D eigenvalue weighted by Gasteiger charge is 1.97. The van der Waals surface area contributed by atoms with Crippen molar-refractivity contribution < 1.29 is 0 Å². The molecule has 0 fully saturated rings. The molecule has 0 atom stereocenters. The Labute approximate surface area is 140 Å². The standard InChI is InChI=1S/C22H40/c1-5-7-9-11-13-15-17-19-21(3)22(4)20-18-16-14-12-10-8-6-2/h17,19H,3-16,18,20H2,1-2H3/b19-17+. The number of unbranched alkanes of at least 4 members (excludes halogenated alkanes) is 11. The van der Waals surface area contributed by atoms with E-state index in [1.807, 2.05) is 0 Å². The summed E-state index contributed by atoms with van der Waals surface area (Å²) in [5, 5.41) is 0. The lowest BCUT2D eigenvalue weighted by Crippen LogP contribution is -1.86. The maximum Gasteiger partial charge on any atom is -0.0279 e. The van der Waals surface area contributed by atoms with Gasteiger partial charge in [0, 0.05) is 0 Å². The van der Waals surface area contributed by atoms with E-state index in [2.05, 4.69) is 39.2 Å². The molecule has 0 heterocycles. The summed E-state index contributed by atoms with van der Waals surface area (Å²) in [4.78, 5) is 0. The summed E-state index contributed by atoms with van der Waals surface area (Å²) in [5.74, 6) is 0. The fraction of sp³-hybridized carbons (Fsp3) is 0.727. The monoisotopic (exact) mass is 304 g/mol. The van der Waals surface area contributed by atoms with Gasteiger partial charge in [-0.15, -0.1) is 0 Å². The molecule has 0 saturated heterocycles. The van der Waals surface area contributed by atoms with Gasteiger partial charge in [0.2, 0.25) is 0 Å². The van der Waals surface area contributed by atoms with Gasteiger partial charge in [-0.3, -0.25) is 0 Å². The molecule has 0 aromatic heterocycles. The molecule has 0 saturated carbocycles. The third-order valence-corrected chi connectivity index (χ3v) is 4.33. The maximum absolute atomic E-state index is 4.19.